The van der Waals surface area contributed by atoms with Crippen molar-refractivity contribution in [3.63, 3.8) is 0 Å². The molecule has 1 heterocycles. The molecule has 1 atom stereocenters. The SMILES string of the molecule is CC1OCC(Nc2ccc(Oc3cccc(C#N)c3)cc2)=C1C#N. The smallest absolute Gasteiger partial charge is 0.128 e. The summed E-state index contributed by atoms with van der Waals surface area (Å²) < 4.78 is 11.2. The van der Waals surface area contributed by atoms with Crippen molar-refractivity contribution >= 4 is 5.69 Å². The molecule has 0 spiro atoms. The predicted molar refractivity (Wildman–Crippen MR) is 89.3 cm³/mol. The number of hydrogen-bond donors (Lipinski definition) is 1. The van der Waals surface area contributed by atoms with Crippen LogP contribution in [-0.4, -0.2) is 12.7 Å². The van der Waals surface area contributed by atoms with Crippen LogP contribution < -0.4 is 10.1 Å². The molecular formula is C19H15N3O2. The van der Waals surface area contributed by atoms with Crippen LogP contribution in [0.1, 0.15) is 12.5 Å². The number of nitrogens with one attached hydrogen (secondary N) is 1. The van der Waals surface area contributed by atoms with Crippen molar-refractivity contribution in [3.05, 3.63) is 65.4 Å². The molecule has 0 fully saturated rings. The van der Waals surface area contributed by atoms with E-state index in [4.69, 9.17) is 20.0 Å². The van der Waals surface area contributed by atoms with Crippen molar-refractivity contribution in [3.8, 4) is 23.6 Å². The summed E-state index contributed by atoms with van der Waals surface area (Å²) in [6, 6.07) is 18.6. The molecule has 0 amide bonds. The van der Waals surface area contributed by atoms with Crippen molar-refractivity contribution in [2.45, 2.75) is 13.0 Å². The summed E-state index contributed by atoms with van der Waals surface area (Å²) in [4.78, 5) is 0. The average Bonchev–Trinajstić information content (AvgIpc) is 2.96. The van der Waals surface area contributed by atoms with Gasteiger partial charge in [0.25, 0.3) is 0 Å². The third kappa shape index (κ3) is 3.38. The molecule has 5 nitrogen and oxygen atoms in total. The maximum absolute atomic E-state index is 9.17. The Morgan fingerprint density at radius 1 is 1.08 bits per heavy atom. The lowest BCUT2D eigenvalue weighted by Gasteiger charge is -2.09. The van der Waals surface area contributed by atoms with Gasteiger partial charge >= 0.3 is 0 Å². The van der Waals surface area contributed by atoms with Crippen LogP contribution in [0.3, 0.4) is 0 Å². The van der Waals surface area contributed by atoms with E-state index in [0.717, 1.165) is 11.4 Å². The molecule has 0 radical (unpaired) electrons. The molecule has 0 aromatic heterocycles. The zero-order valence-electron chi connectivity index (χ0n) is 13.1. The van der Waals surface area contributed by atoms with E-state index in [1.807, 2.05) is 31.2 Å². The van der Waals surface area contributed by atoms with E-state index in [0.29, 0.717) is 29.2 Å². The minimum absolute atomic E-state index is 0.174. The topological polar surface area (TPSA) is 78.1 Å². The highest BCUT2D eigenvalue weighted by molar-refractivity contribution is 5.54. The molecule has 1 aliphatic rings. The molecule has 0 aliphatic carbocycles. The van der Waals surface area contributed by atoms with E-state index in [-0.39, 0.29) is 6.10 Å². The van der Waals surface area contributed by atoms with E-state index < -0.39 is 0 Å². The average molecular weight is 317 g/mol. The number of nitrogens with zero attached hydrogens (tertiary/aromatic N) is 2. The Hall–Kier alpha value is -3.28. The first kappa shape index (κ1) is 15.6. The quantitative estimate of drug-likeness (QED) is 0.923. The van der Waals surface area contributed by atoms with Gasteiger partial charge in [0.1, 0.15) is 11.5 Å². The number of benzene rings is 2. The second-order valence-corrected chi connectivity index (χ2v) is 5.35. The first-order chi connectivity index (χ1) is 11.7. The minimum atomic E-state index is -0.174. The molecule has 0 saturated heterocycles. The van der Waals surface area contributed by atoms with Gasteiger partial charge in [-0.2, -0.15) is 10.5 Å². The van der Waals surface area contributed by atoms with E-state index >= 15 is 0 Å². The lowest BCUT2D eigenvalue weighted by atomic mass is 10.1. The fourth-order valence-electron chi connectivity index (χ4n) is 2.42. The summed E-state index contributed by atoms with van der Waals surface area (Å²) in [6.45, 7) is 2.27. The zero-order chi connectivity index (χ0) is 16.9. The predicted octanol–water partition coefficient (Wildman–Crippen LogP) is 3.96. The summed E-state index contributed by atoms with van der Waals surface area (Å²) in [5.41, 5.74) is 2.83. The van der Waals surface area contributed by atoms with Gasteiger partial charge in [0.05, 0.1) is 41.7 Å². The Morgan fingerprint density at radius 2 is 1.88 bits per heavy atom. The lowest BCUT2D eigenvalue weighted by Crippen LogP contribution is -2.03. The molecule has 0 saturated carbocycles. The third-order valence-corrected chi connectivity index (χ3v) is 3.68. The van der Waals surface area contributed by atoms with Crippen molar-refractivity contribution < 1.29 is 9.47 Å². The highest BCUT2D eigenvalue weighted by Crippen LogP contribution is 2.26. The molecule has 3 rings (SSSR count). The van der Waals surface area contributed by atoms with Gasteiger partial charge in [0.15, 0.2) is 0 Å². The van der Waals surface area contributed by atoms with Crippen molar-refractivity contribution in [1.82, 2.24) is 0 Å². The molecule has 1 aliphatic heterocycles. The Kier molecular flexibility index (Phi) is 4.47. The molecule has 0 bridgehead atoms. The lowest BCUT2D eigenvalue weighted by molar-refractivity contribution is 0.136. The maximum atomic E-state index is 9.17. The highest BCUT2D eigenvalue weighted by atomic mass is 16.5. The number of nitriles is 2. The van der Waals surface area contributed by atoms with Crippen molar-refractivity contribution in [2.24, 2.45) is 0 Å². The molecule has 24 heavy (non-hydrogen) atoms. The number of rotatable bonds is 4. The van der Waals surface area contributed by atoms with Crippen LogP contribution in [0.5, 0.6) is 11.5 Å². The second kappa shape index (κ2) is 6.87. The molecule has 1 N–H and O–H groups in total. The van der Waals surface area contributed by atoms with Crippen LogP contribution in [0.25, 0.3) is 0 Å². The highest BCUT2D eigenvalue weighted by Gasteiger charge is 2.22. The zero-order valence-corrected chi connectivity index (χ0v) is 13.1. The number of anilines is 1. The largest absolute Gasteiger partial charge is 0.457 e. The van der Waals surface area contributed by atoms with Gasteiger partial charge in [-0.3, -0.25) is 0 Å². The second-order valence-electron chi connectivity index (χ2n) is 5.35. The Labute approximate surface area is 140 Å². The summed E-state index contributed by atoms with van der Waals surface area (Å²) in [5, 5.41) is 21.3. The van der Waals surface area contributed by atoms with Crippen LogP contribution >= 0.6 is 0 Å². The Morgan fingerprint density at radius 3 is 2.58 bits per heavy atom. The monoisotopic (exact) mass is 317 g/mol. The van der Waals surface area contributed by atoms with E-state index in [9.17, 15) is 0 Å². The number of hydrogen-bond acceptors (Lipinski definition) is 5. The number of ether oxygens (including phenoxy) is 2. The third-order valence-electron chi connectivity index (χ3n) is 3.68. The van der Waals surface area contributed by atoms with Crippen LogP contribution in [-0.2, 0) is 4.74 Å². The van der Waals surface area contributed by atoms with Gasteiger partial charge in [-0.05, 0) is 49.4 Å². The van der Waals surface area contributed by atoms with Gasteiger partial charge in [-0.15, -0.1) is 0 Å². The normalized spacial score (nSPS) is 16.4. The first-order valence-corrected chi connectivity index (χ1v) is 7.49. The van der Waals surface area contributed by atoms with Gasteiger partial charge in [0, 0.05) is 5.69 Å². The minimum Gasteiger partial charge on any atom is -0.457 e. The standard InChI is InChI=1S/C19H15N3O2/c1-13-18(11-21)19(12-23-13)22-15-5-7-16(8-6-15)24-17-4-2-3-14(9-17)10-20/h2-9,13,22H,12H2,1H3. The van der Waals surface area contributed by atoms with Crippen LogP contribution in [0, 0.1) is 22.7 Å². The Balaban J connectivity index is 1.71. The van der Waals surface area contributed by atoms with Crippen LogP contribution in [0.15, 0.2) is 59.8 Å². The van der Waals surface area contributed by atoms with E-state index in [1.54, 1.807) is 24.3 Å². The van der Waals surface area contributed by atoms with Gasteiger partial charge in [-0.25, -0.2) is 0 Å². The Bertz CT molecular complexity index is 857. The molecule has 1 unspecified atom stereocenters. The summed E-state index contributed by atoms with van der Waals surface area (Å²) in [5.74, 6) is 1.28. The molecule has 2 aromatic carbocycles. The van der Waals surface area contributed by atoms with Gasteiger partial charge < -0.3 is 14.8 Å². The fourth-order valence-corrected chi connectivity index (χ4v) is 2.42. The van der Waals surface area contributed by atoms with Crippen molar-refractivity contribution in [1.29, 1.82) is 10.5 Å². The van der Waals surface area contributed by atoms with E-state index in [2.05, 4.69) is 17.5 Å². The summed E-state index contributed by atoms with van der Waals surface area (Å²) in [6.07, 6.45) is -0.174. The summed E-state index contributed by atoms with van der Waals surface area (Å²) in [7, 11) is 0. The van der Waals surface area contributed by atoms with Crippen LogP contribution in [0.4, 0.5) is 5.69 Å². The van der Waals surface area contributed by atoms with Crippen LogP contribution in [0.2, 0.25) is 0 Å². The van der Waals surface area contributed by atoms with Gasteiger partial charge in [0.2, 0.25) is 0 Å². The van der Waals surface area contributed by atoms with Crippen molar-refractivity contribution in [2.75, 3.05) is 11.9 Å². The first-order valence-electron chi connectivity index (χ1n) is 7.49. The van der Waals surface area contributed by atoms with Gasteiger partial charge in [-0.1, -0.05) is 6.07 Å². The molecule has 118 valence electrons. The molecule has 2 aromatic rings. The summed E-state index contributed by atoms with van der Waals surface area (Å²) >= 11 is 0. The van der Waals surface area contributed by atoms with E-state index in [1.165, 1.54) is 0 Å². The maximum Gasteiger partial charge on any atom is 0.128 e. The fraction of sp³-hybridized carbons (Fsp3) is 0.158. The molecule has 5 heteroatoms. The molecular weight excluding hydrogens is 302 g/mol.